The van der Waals surface area contributed by atoms with Crippen molar-refractivity contribution in [2.75, 3.05) is 13.1 Å². The first kappa shape index (κ1) is 14.5. The summed E-state index contributed by atoms with van der Waals surface area (Å²) in [5.41, 5.74) is 0.0334. The number of hydrogen-bond acceptors (Lipinski definition) is 3. The molecule has 19 heavy (non-hydrogen) atoms. The summed E-state index contributed by atoms with van der Waals surface area (Å²) < 4.78 is 1.97. The average molecular weight is 264 g/mol. The van der Waals surface area contributed by atoms with Crippen molar-refractivity contribution in [3.05, 3.63) is 11.6 Å². The lowest BCUT2D eigenvalue weighted by Gasteiger charge is -2.28. The van der Waals surface area contributed by atoms with Crippen molar-refractivity contribution in [3.8, 4) is 0 Å². The van der Waals surface area contributed by atoms with Crippen molar-refractivity contribution in [1.82, 2.24) is 20.1 Å². The fourth-order valence-corrected chi connectivity index (χ4v) is 2.73. The van der Waals surface area contributed by atoms with E-state index in [9.17, 15) is 0 Å². The number of rotatable bonds is 3. The van der Waals surface area contributed by atoms with Crippen LogP contribution >= 0.6 is 0 Å². The maximum absolute atomic E-state index is 4.75. The minimum absolute atomic E-state index is 0.0334. The molecular formula is C15H28N4. The Hall–Kier alpha value is -0.900. The van der Waals surface area contributed by atoms with Crippen LogP contribution in [0.3, 0.4) is 0 Å². The Labute approximate surface area is 117 Å². The molecule has 1 fully saturated rings. The molecule has 0 spiro atoms. The molecule has 1 aromatic rings. The first-order valence-electron chi connectivity index (χ1n) is 7.49. The first-order chi connectivity index (χ1) is 8.88. The Bertz CT molecular complexity index is 410. The molecule has 4 heteroatoms. The Morgan fingerprint density at radius 2 is 2.16 bits per heavy atom. The first-order valence-corrected chi connectivity index (χ1v) is 7.49. The highest BCUT2D eigenvalue weighted by molar-refractivity contribution is 5.04. The molecule has 2 rings (SSSR count). The van der Waals surface area contributed by atoms with Gasteiger partial charge >= 0.3 is 0 Å². The third-order valence-corrected chi connectivity index (χ3v) is 4.17. The van der Waals surface area contributed by atoms with Crippen molar-refractivity contribution < 1.29 is 0 Å². The molecule has 1 aromatic heterocycles. The van der Waals surface area contributed by atoms with E-state index in [2.05, 4.69) is 38.1 Å². The Morgan fingerprint density at radius 3 is 2.68 bits per heavy atom. The van der Waals surface area contributed by atoms with Gasteiger partial charge in [-0.2, -0.15) is 5.10 Å². The standard InChI is InChI=1S/C15H28N4/c1-11(12-7-6-8-16-10-12)9-13-17-14(15(2,3)4)18-19(13)5/h11-12,16H,6-10H2,1-5H3. The third kappa shape index (κ3) is 3.56. The van der Waals surface area contributed by atoms with Crippen molar-refractivity contribution in [2.45, 2.75) is 52.4 Å². The molecule has 2 atom stereocenters. The van der Waals surface area contributed by atoms with Crippen molar-refractivity contribution >= 4 is 0 Å². The zero-order chi connectivity index (χ0) is 14.0. The number of nitrogens with one attached hydrogen (secondary N) is 1. The number of piperidine rings is 1. The van der Waals surface area contributed by atoms with Gasteiger partial charge < -0.3 is 5.32 Å². The zero-order valence-corrected chi connectivity index (χ0v) is 13.0. The van der Waals surface area contributed by atoms with Crippen molar-refractivity contribution in [2.24, 2.45) is 18.9 Å². The molecule has 0 radical (unpaired) electrons. The zero-order valence-electron chi connectivity index (χ0n) is 13.0. The maximum atomic E-state index is 4.75. The number of aryl methyl sites for hydroxylation is 1. The largest absolute Gasteiger partial charge is 0.316 e. The molecule has 2 heterocycles. The van der Waals surface area contributed by atoms with Crippen LogP contribution in [0.1, 0.15) is 52.2 Å². The van der Waals surface area contributed by atoms with Crippen molar-refractivity contribution in [3.63, 3.8) is 0 Å². The number of aromatic nitrogens is 3. The Morgan fingerprint density at radius 1 is 1.42 bits per heavy atom. The van der Waals surface area contributed by atoms with Gasteiger partial charge in [0.15, 0.2) is 5.82 Å². The summed E-state index contributed by atoms with van der Waals surface area (Å²) in [5.74, 6) is 3.54. The van der Waals surface area contributed by atoms with E-state index in [1.165, 1.54) is 19.4 Å². The van der Waals surface area contributed by atoms with Crippen LogP contribution in [0.15, 0.2) is 0 Å². The third-order valence-electron chi connectivity index (χ3n) is 4.17. The predicted octanol–water partition coefficient (Wildman–Crippen LogP) is 2.29. The van der Waals surface area contributed by atoms with Crippen LogP contribution in [-0.4, -0.2) is 27.9 Å². The van der Waals surface area contributed by atoms with Gasteiger partial charge in [-0.3, -0.25) is 4.68 Å². The summed E-state index contributed by atoms with van der Waals surface area (Å²) in [6, 6.07) is 0. The van der Waals surface area contributed by atoms with Crippen LogP contribution < -0.4 is 5.32 Å². The summed E-state index contributed by atoms with van der Waals surface area (Å²) in [6.45, 7) is 11.2. The van der Waals surface area contributed by atoms with Gasteiger partial charge in [-0.15, -0.1) is 0 Å². The fraction of sp³-hybridized carbons (Fsp3) is 0.867. The van der Waals surface area contributed by atoms with Crippen LogP contribution in [0.25, 0.3) is 0 Å². The molecule has 0 aliphatic carbocycles. The summed E-state index contributed by atoms with van der Waals surface area (Å²) in [5, 5.41) is 8.07. The minimum Gasteiger partial charge on any atom is -0.316 e. The lowest BCUT2D eigenvalue weighted by molar-refractivity contribution is 0.274. The smallest absolute Gasteiger partial charge is 0.156 e. The predicted molar refractivity (Wildman–Crippen MR) is 78.2 cm³/mol. The second-order valence-electron chi connectivity index (χ2n) is 7.01. The quantitative estimate of drug-likeness (QED) is 0.911. The SMILES string of the molecule is CC(Cc1nc(C(C)(C)C)nn1C)C1CCCNC1. The van der Waals surface area contributed by atoms with Gasteiger partial charge in [0.05, 0.1) is 0 Å². The summed E-state index contributed by atoms with van der Waals surface area (Å²) in [6.07, 6.45) is 3.69. The summed E-state index contributed by atoms with van der Waals surface area (Å²) in [7, 11) is 2.02. The highest BCUT2D eigenvalue weighted by Crippen LogP contribution is 2.24. The molecular weight excluding hydrogens is 236 g/mol. The number of nitrogens with zero attached hydrogens (tertiary/aromatic N) is 3. The average Bonchev–Trinajstić information content (AvgIpc) is 2.72. The normalized spacial score (nSPS) is 22.5. The Balaban J connectivity index is 2.04. The van der Waals surface area contributed by atoms with E-state index >= 15 is 0 Å². The molecule has 0 amide bonds. The van der Waals surface area contributed by atoms with Gasteiger partial charge in [-0.25, -0.2) is 4.98 Å². The van der Waals surface area contributed by atoms with Crippen LogP contribution in [-0.2, 0) is 18.9 Å². The minimum atomic E-state index is 0.0334. The molecule has 1 aliphatic rings. The molecule has 0 bridgehead atoms. The second-order valence-corrected chi connectivity index (χ2v) is 7.01. The van der Waals surface area contributed by atoms with Gasteiger partial charge in [-0.05, 0) is 37.8 Å². The van der Waals surface area contributed by atoms with E-state index in [-0.39, 0.29) is 5.41 Å². The number of hydrogen-bond donors (Lipinski definition) is 1. The lowest BCUT2D eigenvalue weighted by atomic mass is 9.85. The van der Waals surface area contributed by atoms with Crippen LogP contribution in [0.5, 0.6) is 0 Å². The molecule has 0 saturated carbocycles. The van der Waals surface area contributed by atoms with Gasteiger partial charge in [0.1, 0.15) is 5.82 Å². The van der Waals surface area contributed by atoms with E-state index in [1.807, 2.05) is 11.7 Å². The molecule has 0 aromatic carbocycles. The van der Waals surface area contributed by atoms with Crippen LogP contribution in [0.2, 0.25) is 0 Å². The molecule has 4 nitrogen and oxygen atoms in total. The summed E-state index contributed by atoms with van der Waals surface area (Å²) in [4.78, 5) is 4.75. The summed E-state index contributed by atoms with van der Waals surface area (Å²) >= 11 is 0. The fourth-order valence-electron chi connectivity index (χ4n) is 2.73. The maximum Gasteiger partial charge on any atom is 0.156 e. The van der Waals surface area contributed by atoms with Gasteiger partial charge in [0, 0.05) is 18.9 Å². The highest BCUT2D eigenvalue weighted by Gasteiger charge is 2.24. The highest BCUT2D eigenvalue weighted by atomic mass is 15.3. The topological polar surface area (TPSA) is 42.7 Å². The van der Waals surface area contributed by atoms with E-state index in [4.69, 9.17) is 4.98 Å². The van der Waals surface area contributed by atoms with Crippen LogP contribution in [0, 0.1) is 11.8 Å². The molecule has 1 N–H and O–H groups in total. The van der Waals surface area contributed by atoms with E-state index in [0.717, 1.165) is 30.5 Å². The van der Waals surface area contributed by atoms with E-state index in [1.54, 1.807) is 0 Å². The Kier molecular flexibility index (Phi) is 4.29. The second kappa shape index (κ2) is 5.61. The van der Waals surface area contributed by atoms with E-state index < -0.39 is 0 Å². The van der Waals surface area contributed by atoms with E-state index in [0.29, 0.717) is 5.92 Å². The van der Waals surface area contributed by atoms with Crippen LogP contribution in [0.4, 0.5) is 0 Å². The molecule has 2 unspecified atom stereocenters. The monoisotopic (exact) mass is 264 g/mol. The van der Waals surface area contributed by atoms with Gasteiger partial charge in [0.25, 0.3) is 0 Å². The van der Waals surface area contributed by atoms with Crippen molar-refractivity contribution in [1.29, 1.82) is 0 Å². The molecule has 1 saturated heterocycles. The van der Waals surface area contributed by atoms with Gasteiger partial charge in [0.2, 0.25) is 0 Å². The molecule has 108 valence electrons. The molecule has 1 aliphatic heterocycles. The lowest BCUT2D eigenvalue weighted by Crippen LogP contribution is -2.34. The van der Waals surface area contributed by atoms with Gasteiger partial charge in [-0.1, -0.05) is 27.7 Å².